The summed E-state index contributed by atoms with van der Waals surface area (Å²) >= 11 is 0. The first kappa shape index (κ1) is 56.0. The van der Waals surface area contributed by atoms with E-state index in [2.05, 4.69) is 207 Å². The Morgan fingerprint density at radius 2 is 0.468 bits per heavy atom. The Bertz CT molecular complexity index is 2070. The summed E-state index contributed by atoms with van der Waals surface area (Å²) in [7, 11) is 0. The summed E-state index contributed by atoms with van der Waals surface area (Å²) in [6.07, 6.45) is 24.8. The third kappa shape index (κ3) is 20.0. The van der Waals surface area contributed by atoms with Crippen LogP contribution >= 0.6 is 0 Å². The largest absolute Gasteiger partial charge is 1.00 e. The lowest BCUT2D eigenvalue weighted by atomic mass is 9.98. The molecule has 0 amide bonds. The van der Waals surface area contributed by atoms with Crippen LogP contribution in [0.5, 0.6) is 0 Å². The summed E-state index contributed by atoms with van der Waals surface area (Å²) in [5, 5.41) is 0. The maximum atomic E-state index is 3.52. The van der Waals surface area contributed by atoms with Crippen molar-refractivity contribution >= 4 is 0 Å². The highest BCUT2D eigenvalue weighted by Crippen LogP contribution is 2.16. The number of rotatable bonds is 12. The summed E-state index contributed by atoms with van der Waals surface area (Å²) in [5.74, 6) is 28.0. The van der Waals surface area contributed by atoms with E-state index in [4.69, 9.17) is 0 Å². The smallest absolute Gasteiger partial charge is 0.171 e. The number of pyridine rings is 4. The summed E-state index contributed by atoms with van der Waals surface area (Å²) < 4.78 is 9.11. The molecule has 0 atom stereocenters. The monoisotopic (exact) mass is 1080 g/mol. The van der Waals surface area contributed by atoms with E-state index in [-0.39, 0.29) is 67.9 Å². The Balaban J connectivity index is 0.00000480. The predicted molar refractivity (Wildman–Crippen MR) is 235 cm³/mol. The van der Waals surface area contributed by atoms with Crippen LogP contribution in [-0.2, 0) is 26.2 Å². The molecule has 8 heteroatoms. The third-order valence-electron chi connectivity index (χ3n) is 9.70. The maximum Gasteiger partial charge on any atom is 0.171 e. The fourth-order valence-corrected chi connectivity index (χ4v) is 7.54. The van der Waals surface area contributed by atoms with E-state index < -0.39 is 0 Å². The normalized spacial score (nSPS) is 9.68. The lowest BCUT2D eigenvalue weighted by Crippen LogP contribution is -3.00. The van der Waals surface area contributed by atoms with Crippen LogP contribution in [0.15, 0.2) is 86.0 Å². The van der Waals surface area contributed by atoms with E-state index in [0.717, 1.165) is 99.8 Å². The van der Waals surface area contributed by atoms with Crippen molar-refractivity contribution in [2.45, 2.75) is 133 Å². The van der Waals surface area contributed by atoms with E-state index in [0.29, 0.717) is 0 Å². The lowest BCUT2D eigenvalue weighted by Gasteiger charge is -2.04. The van der Waals surface area contributed by atoms with Crippen molar-refractivity contribution in [3.8, 4) is 47.4 Å². The van der Waals surface area contributed by atoms with Crippen LogP contribution in [0, 0.1) is 103 Å². The molecule has 0 spiro atoms. The van der Waals surface area contributed by atoms with Crippen LogP contribution in [0.2, 0.25) is 0 Å². The average Bonchev–Trinajstić information content (AvgIpc) is 3.13. The molecular weight excluding hydrogens is 1020 g/mol. The topological polar surface area (TPSA) is 15.5 Å². The van der Waals surface area contributed by atoms with Gasteiger partial charge in [0.25, 0.3) is 0 Å². The fourth-order valence-electron chi connectivity index (χ4n) is 7.54. The number of aromatic nitrogens is 4. The van der Waals surface area contributed by atoms with E-state index in [1.807, 2.05) is 0 Å². The van der Waals surface area contributed by atoms with Crippen LogP contribution < -0.4 is 86.2 Å². The SMILES string of the molecule is Cc1cc(C)c[n+](CCCC#Cc2cc(C#CCCC[n+]3cc(C)cc(C)c3)c(C#CCCC[n+]3cc(C)cc(C)c3)cc2C#CCCC[n+]2cc(C)cc(C)c2)c1.[Br-].[Br-].[Br-].[Br-]. The molecule has 326 valence electrons. The number of nitrogens with zero attached hydrogens (tertiary/aromatic N) is 4. The number of unbranched alkanes of at least 4 members (excludes halogenated alkanes) is 4. The molecule has 1 aromatic carbocycles. The molecule has 0 aliphatic rings. The van der Waals surface area contributed by atoms with Gasteiger partial charge in [-0.25, -0.2) is 18.3 Å². The second-order valence-corrected chi connectivity index (χ2v) is 16.1. The Hall–Kier alpha value is -4.02. The second kappa shape index (κ2) is 29.4. The number of aryl methyl sites for hydroxylation is 12. The van der Waals surface area contributed by atoms with Crippen molar-refractivity contribution in [1.29, 1.82) is 0 Å². The molecule has 5 rings (SSSR count). The molecular formula is C54H62Br4N4. The minimum absolute atomic E-state index is 0. The van der Waals surface area contributed by atoms with Crippen molar-refractivity contribution in [1.82, 2.24) is 0 Å². The van der Waals surface area contributed by atoms with Crippen molar-refractivity contribution in [2.75, 3.05) is 0 Å². The Morgan fingerprint density at radius 3 is 0.645 bits per heavy atom. The molecule has 0 bridgehead atoms. The van der Waals surface area contributed by atoms with Crippen molar-refractivity contribution < 1.29 is 86.2 Å². The Labute approximate surface area is 416 Å². The van der Waals surface area contributed by atoms with Crippen molar-refractivity contribution in [3.05, 3.63) is 153 Å². The highest BCUT2D eigenvalue weighted by molar-refractivity contribution is 5.61. The molecule has 0 N–H and O–H groups in total. The highest BCUT2D eigenvalue weighted by Gasteiger charge is 2.09. The van der Waals surface area contributed by atoms with E-state index in [1.165, 1.54) is 44.5 Å². The molecule has 0 saturated heterocycles. The first-order valence-corrected chi connectivity index (χ1v) is 21.0. The summed E-state index contributed by atoms with van der Waals surface area (Å²) in [5.41, 5.74) is 14.0. The molecule has 4 aromatic heterocycles. The van der Waals surface area contributed by atoms with Gasteiger partial charge in [-0.15, -0.1) is 0 Å². The van der Waals surface area contributed by atoms with Gasteiger partial charge in [-0.05, 0) is 91.8 Å². The molecule has 5 aromatic rings. The highest BCUT2D eigenvalue weighted by atomic mass is 79.9. The minimum atomic E-state index is 0. The van der Waals surface area contributed by atoms with Gasteiger partial charge in [0.1, 0.15) is 26.2 Å². The second-order valence-electron chi connectivity index (χ2n) is 16.1. The summed E-state index contributed by atoms with van der Waals surface area (Å²) in [6, 6.07) is 13.1. The zero-order chi connectivity index (χ0) is 41.3. The number of benzene rings is 1. The number of hydrogen-bond acceptors (Lipinski definition) is 0. The van der Waals surface area contributed by atoms with Crippen molar-refractivity contribution in [3.63, 3.8) is 0 Å². The number of hydrogen-bond donors (Lipinski definition) is 0. The molecule has 4 heterocycles. The minimum Gasteiger partial charge on any atom is -1.00 e. The Morgan fingerprint density at radius 1 is 0.290 bits per heavy atom. The van der Waals surface area contributed by atoms with Gasteiger partial charge in [0, 0.05) is 118 Å². The standard InChI is InChI=1S/C54H62N4.4BrH/c1-43-29-44(2)36-55(35-43)25-17-9-13-21-51-33-53(23-15-11-19-27-57-39-47(5)31-48(6)40-57)54(24-16-12-20-28-58-41-49(7)32-50(8)42-58)34-52(51)22-14-10-18-26-56-37-45(3)30-46(4)38-56;;;;/h29-42H,9-12,17-20,25-28H2,1-8H3;4*1H/q+4;;;;/p-4. The Kier molecular flexibility index (Phi) is 26.5. The summed E-state index contributed by atoms with van der Waals surface area (Å²) in [6.45, 7) is 21.0. The molecule has 0 unspecified atom stereocenters. The zero-order valence-corrected chi connectivity index (χ0v) is 44.2. The van der Waals surface area contributed by atoms with Crippen molar-refractivity contribution in [2.24, 2.45) is 0 Å². The third-order valence-corrected chi connectivity index (χ3v) is 9.70. The van der Waals surface area contributed by atoms with Crippen LogP contribution in [0.25, 0.3) is 0 Å². The van der Waals surface area contributed by atoms with Gasteiger partial charge in [-0.3, -0.25) is 0 Å². The van der Waals surface area contributed by atoms with Crippen LogP contribution in [0.1, 0.15) is 118 Å². The van der Waals surface area contributed by atoms with Gasteiger partial charge < -0.3 is 67.9 Å². The molecule has 0 radical (unpaired) electrons. The molecule has 0 aliphatic carbocycles. The quantitative estimate of drug-likeness (QED) is 0.0707. The van der Waals surface area contributed by atoms with E-state index in [1.54, 1.807) is 0 Å². The first-order valence-electron chi connectivity index (χ1n) is 21.0. The van der Waals surface area contributed by atoms with E-state index >= 15 is 0 Å². The van der Waals surface area contributed by atoms with Gasteiger partial charge in [0.2, 0.25) is 0 Å². The molecule has 62 heavy (non-hydrogen) atoms. The van der Waals surface area contributed by atoms with Gasteiger partial charge in [-0.1, -0.05) is 47.4 Å². The van der Waals surface area contributed by atoms with Gasteiger partial charge in [0.05, 0.1) is 0 Å². The van der Waals surface area contributed by atoms with Crippen LogP contribution in [-0.4, -0.2) is 0 Å². The van der Waals surface area contributed by atoms with E-state index in [9.17, 15) is 0 Å². The molecule has 0 aliphatic heterocycles. The first-order chi connectivity index (χ1) is 28.0. The zero-order valence-electron chi connectivity index (χ0n) is 37.9. The van der Waals surface area contributed by atoms with Gasteiger partial charge >= 0.3 is 0 Å². The predicted octanol–water partition coefficient (Wildman–Crippen LogP) is -3.35. The molecule has 0 fully saturated rings. The summed E-state index contributed by atoms with van der Waals surface area (Å²) in [4.78, 5) is 0. The molecule has 0 saturated carbocycles. The van der Waals surface area contributed by atoms with Gasteiger partial charge in [-0.2, -0.15) is 0 Å². The average molecular weight is 1090 g/mol. The fraction of sp³-hybridized carbons (Fsp3) is 0.370. The van der Waals surface area contributed by atoms with Gasteiger partial charge in [0.15, 0.2) is 49.6 Å². The maximum absolute atomic E-state index is 3.52. The van der Waals surface area contributed by atoms with Crippen LogP contribution in [0.3, 0.4) is 0 Å². The van der Waals surface area contributed by atoms with Crippen LogP contribution in [0.4, 0.5) is 0 Å². The number of halogens is 4. The molecule has 4 nitrogen and oxygen atoms in total. The lowest BCUT2D eigenvalue weighted by molar-refractivity contribution is -0.697.